The van der Waals surface area contributed by atoms with Gasteiger partial charge in [-0.05, 0) is 64.9 Å². The van der Waals surface area contributed by atoms with Gasteiger partial charge in [-0.1, -0.05) is 86.6 Å². The summed E-state index contributed by atoms with van der Waals surface area (Å²) >= 11 is 6.02. The van der Waals surface area contributed by atoms with Gasteiger partial charge in [-0.3, -0.25) is 38.3 Å². The number of fused-ring (bicyclic) bond motifs is 2. The third-order valence-electron chi connectivity index (χ3n) is 13.9. The van der Waals surface area contributed by atoms with Crippen molar-refractivity contribution in [1.29, 1.82) is 5.26 Å². The number of imidazole rings is 2. The number of carbonyl (C=O) groups excluding carboxylic acids is 2. The molecule has 6 heterocycles. The molecular weight excluding hydrogens is 1170 g/mol. The fourth-order valence-electron chi connectivity index (χ4n) is 9.69. The Balaban J connectivity index is 1.02. The van der Waals surface area contributed by atoms with E-state index in [2.05, 4.69) is 40.5 Å². The number of nitrogens with zero attached hydrogens (tertiary/aromatic N) is 8. The molecule has 0 saturated carbocycles. The van der Waals surface area contributed by atoms with Gasteiger partial charge in [-0.2, -0.15) is 10.2 Å². The van der Waals surface area contributed by atoms with Gasteiger partial charge in [0.1, 0.15) is 41.7 Å². The second-order valence-electron chi connectivity index (χ2n) is 19.4. The SMILES string of the molecule is COc1ccc(C(OC[C@H]2O[C@@H](n3cnc4c(NC(=O)c5ccccc5)ncnc43)[C@H](F)[C@@H]2OP(=S)(OCCC#N)OC[C@H]2O[C@@H](n3cnc4c(=O)[nH]c(NC(=O)C(C)C)nc43)[C@H](F)[C@@H]2O[P+](=O)O)(c2ccccc2)c2ccc(OC)cc2)cc1. The van der Waals surface area contributed by atoms with Crippen molar-refractivity contribution in [1.82, 2.24) is 39.0 Å². The van der Waals surface area contributed by atoms with E-state index < -0.39 is 113 Å². The van der Waals surface area contributed by atoms with Crippen molar-refractivity contribution in [2.24, 2.45) is 5.92 Å². The first kappa shape index (κ1) is 60.2. The summed E-state index contributed by atoms with van der Waals surface area (Å²) < 4.78 is 105. The fourth-order valence-corrected chi connectivity index (χ4v) is 12.2. The quantitative estimate of drug-likeness (QED) is 0.0254. The minimum absolute atomic E-state index is 0.00561. The Hall–Kier alpha value is -7.90. The van der Waals surface area contributed by atoms with Crippen LogP contribution in [0.3, 0.4) is 0 Å². The van der Waals surface area contributed by atoms with Crippen molar-refractivity contribution in [2.75, 3.05) is 44.7 Å². The summed E-state index contributed by atoms with van der Waals surface area (Å²) in [5, 5.41) is 14.9. The van der Waals surface area contributed by atoms with Crippen molar-refractivity contribution < 1.29 is 69.6 Å². The molecule has 4 N–H and O–H groups in total. The van der Waals surface area contributed by atoms with Gasteiger partial charge in [0, 0.05) is 16.0 Å². The van der Waals surface area contributed by atoms with Crippen LogP contribution in [0.5, 0.6) is 11.5 Å². The number of methoxy groups -OCH3 is 2. The predicted octanol–water partition coefficient (Wildman–Crippen LogP) is 7.89. The maximum atomic E-state index is 18.2. The zero-order valence-corrected chi connectivity index (χ0v) is 48.1. The van der Waals surface area contributed by atoms with Crippen molar-refractivity contribution in [3.63, 3.8) is 0 Å². The smallest absolute Gasteiger partial charge is 0.497 e. The molecule has 0 spiro atoms. The molecule has 2 saturated heterocycles. The lowest BCUT2D eigenvalue weighted by Crippen LogP contribution is -2.40. The largest absolute Gasteiger partial charge is 0.695 e. The molecule has 2 unspecified atom stereocenters. The number of ether oxygens (including phenoxy) is 5. The van der Waals surface area contributed by atoms with Crippen molar-refractivity contribution in [3.05, 3.63) is 161 Å². The van der Waals surface area contributed by atoms with E-state index in [-0.39, 0.29) is 40.5 Å². The Morgan fingerprint density at radius 2 is 1.38 bits per heavy atom. The maximum Gasteiger partial charge on any atom is 0.695 e. The minimum Gasteiger partial charge on any atom is -0.497 e. The van der Waals surface area contributed by atoms with Gasteiger partial charge in [-0.25, -0.2) is 28.7 Å². The topological polar surface area (TPSA) is 310 Å². The molecule has 10 atom stereocenters. The highest BCUT2D eigenvalue weighted by atomic mass is 32.5. The van der Waals surface area contributed by atoms with Gasteiger partial charge in [0.25, 0.3) is 11.5 Å². The maximum absolute atomic E-state index is 18.2. The number of aromatic amines is 1. The number of carbonyl (C=O) groups is 2. The number of amides is 2. The third-order valence-corrected chi connectivity index (χ3v) is 16.6. The number of benzene rings is 4. The molecule has 85 heavy (non-hydrogen) atoms. The number of halogens is 2. The number of nitriles is 1. The lowest BCUT2D eigenvalue weighted by molar-refractivity contribution is -0.118. The summed E-state index contributed by atoms with van der Waals surface area (Å²) in [6, 6.07) is 33.8. The molecule has 0 aliphatic carbocycles. The number of aromatic nitrogens is 8. The number of nitrogens with one attached hydrogen (secondary N) is 3. The zero-order chi connectivity index (χ0) is 60.0. The van der Waals surface area contributed by atoms with E-state index in [1.54, 1.807) is 68.4 Å². The predicted molar refractivity (Wildman–Crippen MR) is 303 cm³/mol. The summed E-state index contributed by atoms with van der Waals surface area (Å²) in [7, 11) is -0.448. The molecular formula is C55H54F2N11O14P2S+. The number of anilines is 2. The van der Waals surface area contributed by atoms with E-state index in [1.165, 1.54) is 25.1 Å². The van der Waals surface area contributed by atoms with Crippen LogP contribution in [0, 0.1) is 17.2 Å². The van der Waals surface area contributed by atoms with E-state index in [9.17, 15) is 29.1 Å². The highest BCUT2D eigenvalue weighted by molar-refractivity contribution is 8.07. The van der Waals surface area contributed by atoms with E-state index in [1.807, 2.05) is 60.7 Å². The van der Waals surface area contributed by atoms with E-state index >= 15 is 8.78 Å². The molecule has 4 aromatic carbocycles. The molecule has 442 valence electrons. The molecule has 2 fully saturated rings. The summed E-state index contributed by atoms with van der Waals surface area (Å²) in [6.45, 7) is -2.93. The summed E-state index contributed by atoms with van der Waals surface area (Å²) in [5.74, 6) is -0.692. The first-order chi connectivity index (χ1) is 41.0. The second kappa shape index (κ2) is 26.2. The number of H-pyrrole nitrogens is 1. The first-order valence-electron chi connectivity index (χ1n) is 26.2. The fraction of sp³-hybridized carbons (Fsp3) is 0.327. The molecule has 2 aliphatic rings. The summed E-state index contributed by atoms with van der Waals surface area (Å²) in [5.41, 5.74) is -0.509. The van der Waals surface area contributed by atoms with E-state index in [4.69, 9.17) is 53.6 Å². The lowest BCUT2D eigenvalue weighted by atomic mass is 9.80. The van der Waals surface area contributed by atoms with E-state index in [0.29, 0.717) is 33.8 Å². The van der Waals surface area contributed by atoms with Crippen LogP contribution >= 0.6 is 15.0 Å². The molecule has 4 aromatic heterocycles. The number of rotatable bonds is 24. The van der Waals surface area contributed by atoms with Crippen LogP contribution in [0.15, 0.2) is 133 Å². The average molecular weight is 1230 g/mol. The van der Waals surface area contributed by atoms with Gasteiger partial charge in [-0.15, -0.1) is 9.42 Å². The standard InChI is InChI=1S/C55H53F2N11O14P2S/c1-31(2)49(69)65-54-64-48-43(51(71)66-54)62-30-68(48)52-40(56)44(81-83(72)73)39(80-52)27-78-84(85,77-25-11-24-58)82-45-38(79-53(41(45)57)67-29-61-42-46(59-28-60-47(42)67)63-50(70)32-12-7-5-8-13-32)26-76-55(33-14-9-6-10-15-33,34-16-20-36(74-3)21-17-34)35-18-22-37(75-4)23-19-35/h5-10,12-23,28-31,38-41,44-45,52-53H,11,25-27H2,1-4H3,(H3-,59,60,63,64,65,66,69,70,71,72,73)/p+1/t38-,39-,40-,41-,44-,45-,52-,53-,84?/m1/s1. The van der Waals surface area contributed by atoms with Crippen LogP contribution in [0.4, 0.5) is 20.5 Å². The van der Waals surface area contributed by atoms with Crippen LogP contribution in [0.2, 0.25) is 0 Å². The monoisotopic (exact) mass is 1220 g/mol. The Labute approximate surface area is 488 Å². The second-order valence-corrected chi connectivity index (χ2v) is 23.1. The van der Waals surface area contributed by atoms with Gasteiger partial charge >= 0.3 is 15.0 Å². The first-order valence-corrected chi connectivity index (χ1v) is 29.9. The molecule has 25 nitrogen and oxygen atoms in total. The zero-order valence-electron chi connectivity index (χ0n) is 45.5. The van der Waals surface area contributed by atoms with Gasteiger partial charge in [0.15, 0.2) is 59.0 Å². The third kappa shape index (κ3) is 12.7. The lowest BCUT2D eigenvalue weighted by Gasteiger charge is -2.37. The Bertz CT molecular complexity index is 3800. The minimum atomic E-state index is -4.45. The van der Waals surface area contributed by atoms with Crippen molar-refractivity contribution in [2.45, 2.75) is 75.1 Å². The van der Waals surface area contributed by atoms with E-state index in [0.717, 1.165) is 17.2 Å². The number of alkyl halides is 2. The van der Waals surface area contributed by atoms with Crippen molar-refractivity contribution in [3.8, 4) is 17.6 Å². The molecule has 8 aromatic rings. The van der Waals surface area contributed by atoms with Crippen LogP contribution in [0.1, 0.15) is 59.8 Å². The van der Waals surface area contributed by atoms with Crippen LogP contribution in [-0.2, 0) is 59.1 Å². The number of hydrogen-bond acceptors (Lipinski definition) is 20. The Morgan fingerprint density at radius 1 is 0.800 bits per heavy atom. The van der Waals surface area contributed by atoms with Gasteiger partial charge in [0.2, 0.25) is 11.9 Å². The number of hydrogen-bond donors (Lipinski definition) is 4. The molecule has 10 rings (SSSR count). The van der Waals surface area contributed by atoms with Crippen LogP contribution in [-0.4, -0.2) is 127 Å². The van der Waals surface area contributed by atoms with Gasteiger partial charge in [0.05, 0.1) is 59.2 Å². The summed E-state index contributed by atoms with van der Waals surface area (Å²) in [6.07, 6.45) is -11.5. The Kier molecular flexibility index (Phi) is 18.5. The average Bonchev–Trinajstić information content (AvgIpc) is 2.11. The van der Waals surface area contributed by atoms with Crippen molar-refractivity contribution >= 4 is 72.7 Å². The Morgan fingerprint density at radius 3 is 1.98 bits per heavy atom. The van der Waals surface area contributed by atoms with Crippen LogP contribution < -0.4 is 25.7 Å². The molecule has 0 radical (unpaired) electrons. The normalized spacial score (nSPS) is 21.4. The highest BCUT2D eigenvalue weighted by Crippen LogP contribution is 2.56. The molecule has 0 bridgehead atoms. The molecule has 30 heteroatoms. The van der Waals surface area contributed by atoms with Gasteiger partial charge < -0.3 is 38.0 Å². The molecule has 2 aliphatic heterocycles. The summed E-state index contributed by atoms with van der Waals surface area (Å²) in [4.78, 5) is 72.9. The van der Waals surface area contributed by atoms with Crippen LogP contribution in [0.25, 0.3) is 22.3 Å². The highest BCUT2D eigenvalue weighted by Gasteiger charge is 2.55. The molecule has 2 amide bonds.